The van der Waals surface area contributed by atoms with Crippen LogP contribution in [0.4, 0.5) is 0 Å². The van der Waals surface area contributed by atoms with E-state index in [2.05, 4.69) is 15.2 Å². The van der Waals surface area contributed by atoms with Gasteiger partial charge in [-0.3, -0.25) is 14.5 Å². The summed E-state index contributed by atoms with van der Waals surface area (Å²) in [5, 5.41) is 8.30. The number of hydrogen-bond donors (Lipinski definition) is 0. The van der Waals surface area contributed by atoms with Crippen LogP contribution < -0.4 is 4.74 Å². The van der Waals surface area contributed by atoms with Crippen LogP contribution in [-0.4, -0.2) is 94.9 Å². The summed E-state index contributed by atoms with van der Waals surface area (Å²) in [6.07, 6.45) is 0. The molecular formula is C20H28N6O3. The van der Waals surface area contributed by atoms with Crippen LogP contribution >= 0.6 is 0 Å². The summed E-state index contributed by atoms with van der Waals surface area (Å²) in [4.78, 5) is 30.2. The Kier molecular flexibility index (Phi) is 6.48. The fourth-order valence-electron chi connectivity index (χ4n) is 3.21. The Hall–Kier alpha value is -2.94. The third-order valence-corrected chi connectivity index (χ3v) is 5.01. The molecule has 0 saturated carbocycles. The highest BCUT2D eigenvalue weighted by Crippen LogP contribution is 2.18. The lowest BCUT2D eigenvalue weighted by Crippen LogP contribution is -2.51. The van der Waals surface area contributed by atoms with Crippen LogP contribution in [0.1, 0.15) is 23.1 Å². The van der Waals surface area contributed by atoms with Crippen molar-refractivity contribution in [3.63, 3.8) is 0 Å². The van der Waals surface area contributed by atoms with Crippen molar-refractivity contribution in [2.45, 2.75) is 13.8 Å². The summed E-state index contributed by atoms with van der Waals surface area (Å²) in [6, 6.07) is 7.52. The molecule has 9 nitrogen and oxygen atoms in total. The second kappa shape index (κ2) is 9.04. The van der Waals surface area contributed by atoms with Crippen LogP contribution in [0.3, 0.4) is 0 Å². The van der Waals surface area contributed by atoms with Gasteiger partial charge < -0.3 is 14.5 Å². The molecule has 1 aromatic heterocycles. The smallest absolute Gasteiger partial charge is 0.276 e. The Morgan fingerprint density at radius 2 is 1.76 bits per heavy atom. The van der Waals surface area contributed by atoms with Gasteiger partial charge in [-0.2, -0.15) is 0 Å². The Bertz CT molecular complexity index is 854. The second-order valence-electron chi connectivity index (χ2n) is 7.22. The minimum atomic E-state index is -0.127. The Morgan fingerprint density at radius 3 is 2.34 bits per heavy atom. The molecule has 1 saturated heterocycles. The zero-order valence-corrected chi connectivity index (χ0v) is 17.5. The minimum Gasteiger partial charge on any atom is -0.494 e. The van der Waals surface area contributed by atoms with Crippen LogP contribution in [0, 0.1) is 6.92 Å². The fraction of sp³-hybridized carbons (Fsp3) is 0.500. The van der Waals surface area contributed by atoms with Crippen LogP contribution in [0.5, 0.6) is 5.75 Å². The van der Waals surface area contributed by atoms with Crippen molar-refractivity contribution < 1.29 is 14.3 Å². The summed E-state index contributed by atoms with van der Waals surface area (Å²) in [5.74, 6) is 0.730. The first-order valence-electron chi connectivity index (χ1n) is 9.78. The largest absolute Gasteiger partial charge is 0.494 e. The standard InChI is InChI=1S/C20H28N6O3/c1-5-29-17-8-6-16(7-9-17)26-15(2)19(21-22-26)20(28)25-12-10-24(11-13-25)14-18(27)23(3)4/h6-9H,5,10-14H2,1-4H3. The molecule has 0 N–H and O–H groups in total. The van der Waals surface area contributed by atoms with E-state index in [9.17, 15) is 9.59 Å². The van der Waals surface area contributed by atoms with E-state index in [0.29, 0.717) is 50.7 Å². The van der Waals surface area contributed by atoms with Gasteiger partial charge in [-0.25, -0.2) is 4.68 Å². The molecule has 156 valence electrons. The lowest BCUT2D eigenvalue weighted by Gasteiger charge is -2.34. The lowest BCUT2D eigenvalue weighted by molar-refractivity contribution is -0.130. The van der Waals surface area contributed by atoms with Crippen molar-refractivity contribution in [2.75, 3.05) is 53.4 Å². The van der Waals surface area contributed by atoms with Gasteiger partial charge in [-0.1, -0.05) is 5.21 Å². The van der Waals surface area contributed by atoms with Crippen molar-refractivity contribution in [3.8, 4) is 11.4 Å². The fourth-order valence-corrected chi connectivity index (χ4v) is 3.21. The first kappa shape index (κ1) is 20.8. The van der Waals surface area contributed by atoms with E-state index in [-0.39, 0.29) is 11.8 Å². The normalized spacial score (nSPS) is 14.7. The number of carbonyl (C=O) groups excluding carboxylic acids is 2. The number of piperazine rings is 1. The Labute approximate surface area is 170 Å². The maximum Gasteiger partial charge on any atom is 0.276 e. The van der Waals surface area contributed by atoms with Crippen LogP contribution in [0.2, 0.25) is 0 Å². The Balaban J connectivity index is 1.64. The number of likely N-dealkylation sites (N-methyl/N-ethyl adjacent to an activating group) is 1. The van der Waals surface area contributed by atoms with Gasteiger partial charge in [0.05, 0.1) is 24.5 Å². The molecule has 2 amide bonds. The SMILES string of the molecule is CCOc1ccc(-n2nnc(C(=O)N3CCN(CC(=O)N(C)C)CC3)c2C)cc1. The number of rotatable bonds is 6. The molecule has 2 heterocycles. The third kappa shape index (κ3) is 4.73. The van der Waals surface area contributed by atoms with Crippen molar-refractivity contribution in [1.82, 2.24) is 29.7 Å². The number of ether oxygens (including phenoxy) is 1. The monoisotopic (exact) mass is 400 g/mol. The van der Waals surface area contributed by atoms with E-state index < -0.39 is 0 Å². The predicted octanol–water partition coefficient (Wildman–Crippen LogP) is 0.820. The van der Waals surface area contributed by atoms with Gasteiger partial charge in [0, 0.05) is 40.3 Å². The van der Waals surface area contributed by atoms with Gasteiger partial charge in [0.25, 0.3) is 5.91 Å². The van der Waals surface area contributed by atoms with Gasteiger partial charge in [0.15, 0.2) is 5.69 Å². The van der Waals surface area contributed by atoms with E-state index in [1.165, 1.54) is 0 Å². The molecule has 29 heavy (non-hydrogen) atoms. The van der Waals surface area contributed by atoms with Crippen molar-refractivity contribution >= 4 is 11.8 Å². The highest BCUT2D eigenvalue weighted by molar-refractivity contribution is 5.93. The molecule has 1 fully saturated rings. The first-order chi connectivity index (χ1) is 13.9. The molecule has 0 atom stereocenters. The zero-order valence-electron chi connectivity index (χ0n) is 17.5. The first-order valence-corrected chi connectivity index (χ1v) is 9.78. The molecule has 0 unspecified atom stereocenters. The molecule has 9 heteroatoms. The molecule has 0 radical (unpaired) electrons. The Morgan fingerprint density at radius 1 is 1.10 bits per heavy atom. The van der Waals surface area contributed by atoms with E-state index in [1.807, 2.05) is 38.1 Å². The van der Waals surface area contributed by atoms with E-state index in [0.717, 1.165) is 11.4 Å². The van der Waals surface area contributed by atoms with Crippen LogP contribution in [0.25, 0.3) is 5.69 Å². The molecule has 2 aromatic rings. The average molecular weight is 400 g/mol. The predicted molar refractivity (Wildman–Crippen MR) is 108 cm³/mol. The number of amides is 2. The summed E-state index contributed by atoms with van der Waals surface area (Å²) >= 11 is 0. The summed E-state index contributed by atoms with van der Waals surface area (Å²) in [7, 11) is 3.50. The highest BCUT2D eigenvalue weighted by atomic mass is 16.5. The quantitative estimate of drug-likeness (QED) is 0.714. The molecule has 1 aromatic carbocycles. The number of hydrogen-bond acceptors (Lipinski definition) is 6. The van der Waals surface area contributed by atoms with Gasteiger partial charge in [-0.05, 0) is 38.1 Å². The maximum atomic E-state index is 12.9. The zero-order chi connectivity index (χ0) is 21.0. The highest BCUT2D eigenvalue weighted by Gasteiger charge is 2.27. The van der Waals surface area contributed by atoms with Crippen molar-refractivity contribution in [2.24, 2.45) is 0 Å². The van der Waals surface area contributed by atoms with Crippen LogP contribution in [0.15, 0.2) is 24.3 Å². The average Bonchev–Trinajstić information content (AvgIpc) is 3.10. The molecule has 0 spiro atoms. The molecule has 1 aliphatic heterocycles. The van der Waals surface area contributed by atoms with Gasteiger partial charge in [-0.15, -0.1) is 5.10 Å². The summed E-state index contributed by atoms with van der Waals surface area (Å²) in [6.45, 7) is 7.22. The van der Waals surface area contributed by atoms with E-state index in [4.69, 9.17) is 4.74 Å². The summed E-state index contributed by atoms with van der Waals surface area (Å²) in [5.41, 5.74) is 1.88. The van der Waals surface area contributed by atoms with Crippen molar-refractivity contribution in [3.05, 3.63) is 35.7 Å². The van der Waals surface area contributed by atoms with Crippen molar-refractivity contribution in [1.29, 1.82) is 0 Å². The van der Waals surface area contributed by atoms with Gasteiger partial charge in [0.2, 0.25) is 5.91 Å². The number of benzene rings is 1. The molecule has 0 bridgehead atoms. The van der Waals surface area contributed by atoms with E-state index >= 15 is 0 Å². The number of aromatic nitrogens is 3. The molecule has 3 rings (SSSR count). The minimum absolute atomic E-state index is 0.0684. The third-order valence-electron chi connectivity index (χ3n) is 5.01. The molecular weight excluding hydrogens is 372 g/mol. The maximum absolute atomic E-state index is 12.9. The lowest BCUT2D eigenvalue weighted by atomic mass is 10.2. The molecule has 1 aliphatic rings. The number of nitrogens with zero attached hydrogens (tertiary/aromatic N) is 6. The number of carbonyl (C=O) groups is 2. The van der Waals surface area contributed by atoms with Gasteiger partial charge in [0.1, 0.15) is 5.75 Å². The van der Waals surface area contributed by atoms with E-state index in [1.54, 1.807) is 28.6 Å². The summed E-state index contributed by atoms with van der Waals surface area (Å²) < 4.78 is 7.12. The topological polar surface area (TPSA) is 83.8 Å². The van der Waals surface area contributed by atoms with Gasteiger partial charge >= 0.3 is 0 Å². The molecule has 0 aliphatic carbocycles. The second-order valence-corrected chi connectivity index (χ2v) is 7.22. The van der Waals surface area contributed by atoms with Crippen LogP contribution in [-0.2, 0) is 4.79 Å².